The highest BCUT2D eigenvalue weighted by Crippen LogP contribution is 2.24. The van der Waals surface area contributed by atoms with Gasteiger partial charge < -0.3 is 10.2 Å². The van der Waals surface area contributed by atoms with E-state index in [-0.39, 0.29) is 29.4 Å². The SMILES string of the molecule is O=C(C1CCS(=O)(=O)C1)N1CCC(Nc2ccccc2)C1. The molecule has 0 spiro atoms. The Kier molecular flexibility index (Phi) is 3.89. The lowest BCUT2D eigenvalue weighted by Crippen LogP contribution is -2.36. The van der Waals surface area contributed by atoms with Crippen LogP contribution < -0.4 is 5.32 Å². The molecule has 6 heteroatoms. The molecule has 2 aliphatic rings. The molecule has 21 heavy (non-hydrogen) atoms. The molecule has 0 aliphatic carbocycles. The normalized spacial score (nSPS) is 27.7. The van der Waals surface area contributed by atoms with Crippen molar-refractivity contribution >= 4 is 21.4 Å². The smallest absolute Gasteiger partial charge is 0.226 e. The molecule has 2 unspecified atom stereocenters. The molecule has 2 fully saturated rings. The molecular weight excluding hydrogens is 288 g/mol. The summed E-state index contributed by atoms with van der Waals surface area (Å²) < 4.78 is 23.0. The number of benzene rings is 1. The highest BCUT2D eigenvalue weighted by Gasteiger charge is 2.37. The highest BCUT2D eigenvalue weighted by atomic mass is 32.2. The van der Waals surface area contributed by atoms with Crippen LogP contribution in [0.2, 0.25) is 0 Å². The summed E-state index contributed by atoms with van der Waals surface area (Å²) in [5.41, 5.74) is 1.06. The van der Waals surface area contributed by atoms with E-state index in [1.807, 2.05) is 35.2 Å². The van der Waals surface area contributed by atoms with E-state index in [9.17, 15) is 13.2 Å². The Morgan fingerprint density at radius 1 is 1.19 bits per heavy atom. The number of hydrogen-bond donors (Lipinski definition) is 1. The Morgan fingerprint density at radius 2 is 1.95 bits per heavy atom. The predicted octanol–water partition coefficient (Wildman–Crippen LogP) is 1.13. The number of sulfone groups is 1. The van der Waals surface area contributed by atoms with E-state index in [1.54, 1.807) is 0 Å². The fourth-order valence-corrected chi connectivity index (χ4v) is 4.83. The minimum absolute atomic E-state index is 0.00781. The Balaban J connectivity index is 1.56. The van der Waals surface area contributed by atoms with Crippen LogP contribution in [0.25, 0.3) is 0 Å². The Bertz CT molecular complexity index is 615. The first kappa shape index (κ1) is 14.4. The Morgan fingerprint density at radius 3 is 2.62 bits per heavy atom. The van der Waals surface area contributed by atoms with Crippen molar-refractivity contribution in [2.75, 3.05) is 29.9 Å². The number of nitrogens with zero attached hydrogens (tertiary/aromatic N) is 1. The molecule has 5 nitrogen and oxygen atoms in total. The van der Waals surface area contributed by atoms with E-state index >= 15 is 0 Å². The van der Waals surface area contributed by atoms with Crippen molar-refractivity contribution in [1.82, 2.24) is 4.90 Å². The van der Waals surface area contributed by atoms with E-state index in [0.717, 1.165) is 12.1 Å². The summed E-state index contributed by atoms with van der Waals surface area (Å²) >= 11 is 0. The zero-order valence-corrected chi connectivity index (χ0v) is 12.7. The van der Waals surface area contributed by atoms with Gasteiger partial charge in [-0.2, -0.15) is 0 Å². The summed E-state index contributed by atoms with van der Waals surface area (Å²) in [6.45, 7) is 1.37. The van der Waals surface area contributed by atoms with Gasteiger partial charge in [0.05, 0.1) is 17.4 Å². The van der Waals surface area contributed by atoms with Crippen LogP contribution in [0.3, 0.4) is 0 Å². The van der Waals surface area contributed by atoms with Gasteiger partial charge in [0.25, 0.3) is 0 Å². The third-order valence-corrected chi connectivity index (χ3v) is 5.99. The molecule has 2 aliphatic heterocycles. The van der Waals surface area contributed by atoms with Gasteiger partial charge in [0.1, 0.15) is 0 Å². The van der Waals surface area contributed by atoms with Gasteiger partial charge in [-0.15, -0.1) is 0 Å². The molecule has 114 valence electrons. The fraction of sp³-hybridized carbons (Fsp3) is 0.533. The van der Waals surface area contributed by atoms with Crippen molar-refractivity contribution in [2.45, 2.75) is 18.9 Å². The average molecular weight is 308 g/mol. The van der Waals surface area contributed by atoms with Crippen LogP contribution in [0.1, 0.15) is 12.8 Å². The summed E-state index contributed by atoms with van der Waals surface area (Å²) in [6, 6.07) is 10.2. The van der Waals surface area contributed by atoms with Crippen molar-refractivity contribution in [3.63, 3.8) is 0 Å². The molecule has 1 amide bonds. The molecule has 3 rings (SSSR count). The number of likely N-dealkylation sites (tertiary alicyclic amines) is 1. The van der Waals surface area contributed by atoms with Gasteiger partial charge in [-0.05, 0) is 25.0 Å². The largest absolute Gasteiger partial charge is 0.380 e. The second kappa shape index (κ2) is 5.67. The summed E-state index contributed by atoms with van der Waals surface area (Å²) in [6.07, 6.45) is 1.38. The van der Waals surface area contributed by atoms with Gasteiger partial charge in [0.15, 0.2) is 9.84 Å². The fourth-order valence-electron chi connectivity index (χ4n) is 3.10. The zero-order chi connectivity index (χ0) is 14.9. The van der Waals surface area contributed by atoms with Crippen LogP contribution in [0.4, 0.5) is 5.69 Å². The van der Waals surface area contributed by atoms with Crippen LogP contribution in [0.15, 0.2) is 30.3 Å². The third kappa shape index (κ3) is 3.37. The second-order valence-electron chi connectivity index (χ2n) is 5.88. The molecule has 0 radical (unpaired) electrons. The Labute approximate surface area is 125 Å². The zero-order valence-electron chi connectivity index (χ0n) is 11.9. The number of carbonyl (C=O) groups excluding carboxylic acids is 1. The lowest BCUT2D eigenvalue weighted by atomic mass is 10.1. The molecule has 1 N–H and O–H groups in total. The minimum Gasteiger partial charge on any atom is -0.380 e. The van der Waals surface area contributed by atoms with Crippen LogP contribution in [-0.4, -0.2) is 49.9 Å². The van der Waals surface area contributed by atoms with Gasteiger partial charge in [-0.1, -0.05) is 18.2 Å². The summed E-state index contributed by atoms with van der Waals surface area (Å²) in [4.78, 5) is 14.2. The van der Waals surface area contributed by atoms with Crippen molar-refractivity contribution < 1.29 is 13.2 Å². The number of anilines is 1. The third-order valence-electron chi connectivity index (χ3n) is 4.23. The van der Waals surface area contributed by atoms with E-state index < -0.39 is 9.84 Å². The van der Waals surface area contributed by atoms with Gasteiger partial charge in [-0.3, -0.25) is 4.79 Å². The maximum Gasteiger partial charge on any atom is 0.226 e. The molecule has 0 bridgehead atoms. The summed E-state index contributed by atoms with van der Waals surface area (Å²) in [5, 5.41) is 3.42. The van der Waals surface area contributed by atoms with Crippen molar-refractivity contribution in [3.05, 3.63) is 30.3 Å². The summed E-state index contributed by atoms with van der Waals surface area (Å²) in [7, 11) is -3.00. The van der Waals surface area contributed by atoms with E-state index in [4.69, 9.17) is 0 Å². The molecule has 1 aromatic rings. The van der Waals surface area contributed by atoms with Crippen molar-refractivity contribution in [2.24, 2.45) is 5.92 Å². The topological polar surface area (TPSA) is 66.5 Å². The van der Waals surface area contributed by atoms with Crippen LogP contribution in [0.5, 0.6) is 0 Å². The van der Waals surface area contributed by atoms with Crippen molar-refractivity contribution in [1.29, 1.82) is 0 Å². The monoisotopic (exact) mass is 308 g/mol. The lowest BCUT2D eigenvalue weighted by molar-refractivity contribution is -0.133. The van der Waals surface area contributed by atoms with E-state index in [0.29, 0.717) is 19.5 Å². The molecule has 2 heterocycles. The summed E-state index contributed by atoms with van der Waals surface area (Å²) in [5.74, 6) is -0.138. The predicted molar refractivity (Wildman–Crippen MR) is 81.8 cm³/mol. The average Bonchev–Trinajstić information content (AvgIpc) is 3.06. The van der Waals surface area contributed by atoms with Gasteiger partial charge in [0, 0.05) is 24.8 Å². The Hall–Kier alpha value is -1.56. The van der Waals surface area contributed by atoms with E-state index in [1.165, 1.54) is 0 Å². The highest BCUT2D eigenvalue weighted by molar-refractivity contribution is 7.91. The quantitative estimate of drug-likeness (QED) is 0.909. The number of hydrogen-bond acceptors (Lipinski definition) is 4. The second-order valence-corrected chi connectivity index (χ2v) is 8.11. The molecule has 2 atom stereocenters. The molecular formula is C15H20N2O3S. The number of nitrogens with one attached hydrogen (secondary N) is 1. The van der Waals surface area contributed by atoms with Gasteiger partial charge in [-0.25, -0.2) is 8.42 Å². The number of amides is 1. The lowest BCUT2D eigenvalue weighted by Gasteiger charge is -2.20. The molecule has 1 aromatic carbocycles. The molecule has 0 saturated carbocycles. The maximum atomic E-state index is 12.4. The number of carbonyl (C=O) groups is 1. The maximum absolute atomic E-state index is 12.4. The van der Waals surface area contributed by atoms with Gasteiger partial charge >= 0.3 is 0 Å². The van der Waals surface area contributed by atoms with E-state index in [2.05, 4.69) is 5.32 Å². The van der Waals surface area contributed by atoms with Crippen molar-refractivity contribution in [3.8, 4) is 0 Å². The first-order chi connectivity index (χ1) is 10.0. The standard InChI is InChI=1S/C15H20N2O3S/c18-15(12-7-9-21(19,20)11-12)17-8-6-14(10-17)16-13-4-2-1-3-5-13/h1-5,12,14,16H,6-11H2. The number of para-hydroxylation sites is 1. The molecule has 0 aromatic heterocycles. The van der Waals surface area contributed by atoms with Gasteiger partial charge in [0.2, 0.25) is 5.91 Å². The first-order valence-electron chi connectivity index (χ1n) is 7.34. The van der Waals surface area contributed by atoms with Crippen LogP contribution >= 0.6 is 0 Å². The first-order valence-corrected chi connectivity index (χ1v) is 9.16. The number of rotatable bonds is 3. The minimum atomic E-state index is -3.00. The molecule has 2 saturated heterocycles. The van der Waals surface area contributed by atoms with Crippen LogP contribution in [0, 0.1) is 5.92 Å². The van der Waals surface area contributed by atoms with Crippen LogP contribution in [-0.2, 0) is 14.6 Å².